The zero-order valence-electron chi connectivity index (χ0n) is 13.0. The summed E-state index contributed by atoms with van der Waals surface area (Å²) in [6.07, 6.45) is 0. The molecule has 0 aromatic heterocycles. The number of nitrogens with one attached hydrogen (secondary N) is 1. The fourth-order valence-electron chi connectivity index (χ4n) is 2.61. The molecular weight excluding hydrogens is 265 g/mol. The lowest BCUT2D eigenvalue weighted by Gasteiger charge is -2.21. The van der Waals surface area contributed by atoms with E-state index >= 15 is 0 Å². The predicted molar refractivity (Wildman–Crippen MR) is 84.4 cm³/mol. The van der Waals surface area contributed by atoms with Crippen molar-refractivity contribution in [1.82, 2.24) is 5.32 Å². The van der Waals surface area contributed by atoms with E-state index in [-0.39, 0.29) is 11.9 Å². The second-order valence-electron chi connectivity index (χ2n) is 5.26. The Labute approximate surface area is 126 Å². The summed E-state index contributed by atoms with van der Waals surface area (Å²) in [5.41, 5.74) is 4.00. The van der Waals surface area contributed by atoms with Crippen LogP contribution in [0.4, 0.5) is 4.39 Å². The van der Waals surface area contributed by atoms with Gasteiger partial charge >= 0.3 is 0 Å². The van der Waals surface area contributed by atoms with E-state index in [1.54, 1.807) is 6.07 Å². The number of halogens is 1. The molecule has 0 aliphatic carbocycles. The molecule has 0 spiro atoms. The molecule has 0 amide bonds. The molecule has 1 atom stereocenters. The van der Waals surface area contributed by atoms with Crippen molar-refractivity contribution in [2.24, 2.45) is 0 Å². The summed E-state index contributed by atoms with van der Waals surface area (Å²) in [6, 6.07) is 11.1. The van der Waals surface area contributed by atoms with Gasteiger partial charge in [-0.2, -0.15) is 0 Å². The van der Waals surface area contributed by atoms with Crippen LogP contribution in [0, 0.1) is 19.7 Å². The lowest BCUT2D eigenvalue weighted by Crippen LogP contribution is -2.19. The molecule has 112 valence electrons. The van der Waals surface area contributed by atoms with Gasteiger partial charge in [-0.1, -0.05) is 23.8 Å². The molecule has 0 saturated carbocycles. The van der Waals surface area contributed by atoms with Crippen molar-refractivity contribution in [2.75, 3.05) is 13.7 Å². The van der Waals surface area contributed by atoms with E-state index < -0.39 is 0 Å². The number of hydrogen-bond donors (Lipinski definition) is 1. The Hall–Kier alpha value is -1.87. The van der Waals surface area contributed by atoms with Gasteiger partial charge in [-0.3, -0.25) is 0 Å². The summed E-state index contributed by atoms with van der Waals surface area (Å²) in [5.74, 6) is 0.625. The van der Waals surface area contributed by atoms with E-state index in [0.29, 0.717) is 6.61 Å². The highest BCUT2D eigenvalue weighted by Crippen LogP contribution is 2.31. The van der Waals surface area contributed by atoms with Crippen molar-refractivity contribution in [3.8, 4) is 5.75 Å². The fourth-order valence-corrected chi connectivity index (χ4v) is 2.61. The predicted octanol–water partition coefficient (Wildman–Crippen LogP) is 4.15. The summed E-state index contributed by atoms with van der Waals surface area (Å²) in [6.45, 7) is 6.51. The summed E-state index contributed by atoms with van der Waals surface area (Å²) >= 11 is 0. The maximum absolute atomic E-state index is 13.7. The lowest BCUT2D eigenvalue weighted by molar-refractivity contribution is 0.334. The van der Waals surface area contributed by atoms with Gasteiger partial charge < -0.3 is 10.1 Å². The Morgan fingerprint density at radius 3 is 2.48 bits per heavy atom. The van der Waals surface area contributed by atoms with Crippen molar-refractivity contribution < 1.29 is 9.13 Å². The fraction of sp³-hybridized carbons (Fsp3) is 0.333. The van der Waals surface area contributed by atoms with E-state index in [4.69, 9.17) is 4.74 Å². The molecule has 0 aliphatic heterocycles. The summed E-state index contributed by atoms with van der Waals surface area (Å²) in [7, 11) is 1.88. The quantitative estimate of drug-likeness (QED) is 0.892. The monoisotopic (exact) mass is 287 g/mol. The first-order valence-electron chi connectivity index (χ1n) is 7.22. The highest BCUT2D eigenvalue weighted by atomic mass is 19.1. The molecule has 0 saturated heterocycles. The highest BCUT2D eigenvalue weighted by molar-refractivity contribution is 5.44. The minimum absolute atomic E-state index is 0.0964. The molecule has 2 nitrogen and oxygen atoms in total. The van der Waals surface area contributed by atoms with Gasteiger partial charge in [0.05, 0.1) is 12.6 Å². The Morgan fingerprint density at radius 2 is 1.86 bits per heavy atom. The molecule has 0 bridgehead atoms. The molecule has 2 aromatic carbocycles. The SMILES string of the molecule is CCOc1ccc(C)cc1C(NC)c1cc(C)cc(F)c1. The number of rotatable bonds is 5. The normalized spacial score (nSPS) is 12.2. The molecule has 0 heterocycles. The van der Waals surface area contributed by atoms with Crippen LogP contribution >= 0.6 is 0 Å². The van der Waals surface area contributed by atoms with Crippen LogP contribution in [0.2, 0.25) is 0 Å². The Kier molecular flexibility index (Phi) is 4.97. The molecule has 21 heavy (non-hydrogen) atoms. The zero-order valence-corrected chi connectivity index (χ0v) is 13.0. The van der Waals surface area contributed by atoms with Crippen molar-refractivity contribution in [3.63, 3.8) is 0 Å². The van der Waals surface area contributed by atoms with E-state index in [0.717, 1.165) is 28.0 Å². The smallest absolute Gasteiger partial charge is 0.124 e. The summed E-state index contributed by atoms with van der Waals surface area (Å²) < 4.78 is 19.4. The van der Waals surface area contributed by atoms with Crippen LogP contribution in [0.3, 0.4) is 0 Å². The van der Waals surface area contributed by atoms with Crippen LogP contribution in [0.5, 0.6) is 5.75 Å². The van der Waals surface area contributed by atoms with Gasteiger partial charge in [0, 0.05) is 5.56 Å². The Bertz CT molecular complexity index is 604. The van der Waals surface area contributed by atoms with E-state index in [2.05, 4.69) is 11.4 Å². The van der Waals surface area contributed by atoms with Crippen molar-refractivity contribution >= 4 is 0 Å². The third-order valence-corrected chi connectivity index (χ3v) is 3.46. The number of aryl methyl sites for hydroxylation is 2. The maximum atomic E-state index is 13.7. The molecule has 1 N–H and O–H groups in total. The molecule has 1 unspecified atom stereocenters. The second-order valence-corrected chi connectivity index (χ2v) is 5.26. The van der Waals surface area contributed by atoms with E-state index in [1.165, 1.54) is 6.07 Å². The van der Waals surface area contributed by atoms with Crippen molar-refractivity contribution in [3.05, 3.63) is 64.5 Å². The molecular formula is C18H22FNO. The minimum Gasteiger partial charge on any atom is -0.494 e. The van der Waals surface area contributed by atoms with Crippen LogP contribution < -0.4 is 10.1 Å². The first kappa shape index (κ1) is 15.5. The van der Waals surface area contributed by atoms with Crippen LogP contribution in [0.25, 0.3) is 0 Å². The van der Waals surface area contributed by atoms with Crippen LogP contribution in [0.1, 0.15) is 35.2 Å². The number of ether oxygens (including phenoxy) is 1. The average Bonchev–Trinajstić information content (AvgIpc) is 2.41. The van der Waals surface area contributed by atoms with Crippen molar-refractivity contribution in [1.29, 1.82) is 0 Å². The average molecular weight is 287 g/mol. The minimum atomic E-state index is -0.212. The molecule has 0 aliphatic rings. The summed E-state index contributed by atoms with van der Waals surface area (Å²) in [5, 5.41) is 3.27. The number of hydrogen-bond acceptors (Lipinski definition) is 2. The van der Waals surface area contributed by atoms with Crippen molar-refractivity contribution in [2.45, 2.75) is 26.8 Å². The zero-order chi connectivity index (χ0) is 15.4. The number of benzene rings is 2. The molecule has 3 heteroatoms. The molecule has 2 rings (SSSR count). The van der Waals surface area contributed by atoms with Gasteiger partial charge in [-0.05, 0) is 57.1 Å². The van der Waals surface area contributed by atoms with E-state index in [1.807, 2.05) is 46.0 Å². The highest BCUT2D eigenvalue weighted by Gasteiger charge is 2.18. The van der Waals surface area contributed by atoms with Gasteiger partial charge in [-0.25, -0.2) is 4.39 Å². The van der Waals surface area contributed by atoms with E-state index in [9.17, 15) is 4.39 Å². The van der Waals surface area contributed by atoms with Gasteiger partial charge in [-0.15, -0.1) is 0 Å². The Morgan fingerprint density at radius 1 is 1.10 bits per heavy atom. The van der Waals surface area contributed by atoms with Gasteiger partial charge in [0.25, 0.3) is 0 Å². The van der Waals surface area contributed by atoms with Crippen LogP contribution in [-0.2, 0) is 0 Å². The standard InChI is InChI=1S/C18H22FNO/c1-5-21-17-7-6-12(2)10-16(17)18(20-4)14-8-13(3)9-15(19)11-14/h6-11,18,20H,5H2,1-4H3. The lowest BCUT2D eigenvalue weighted by atomic mass is 9.95. The molecule has 0 fully saturated rings. The first-order valence-corrected chi connectivity index (χ1v) is 7.22. The molecule has 0 radical (unpaired) electrons. The third kappa shape index (κ3) is 3.61. The Balaban J connectivity index is 2.52. The molecule has 2 aromatic rings. The van der Waals surface area contributed by atoms with Crippen LogP contribution in [0.15, 0.2) is 36.4 Å². The van der Waals surface area contributed by atoms with Gasteiger partial charge in [0.15, 0.2) is 0 Å². The second kappa shape index (κ2) is 6.72. The summed E-state index contributed by atoms with van der Waals surface area (Å²) in [4.78, 5) is 0. The van der Waals surface area contributed by atoms with Gasteiger partial charge in [0.2, 0.25) is 0 Å². The first-order chi connectivity index (χ1) is 10.0. The van der Waals surface area contributed by atoms with Gasteiger partial charge in [0.1, 0.15) is 11.6 Å². The topological polar surface area (TPSA) is 21.3 Å². The van der Waals surface area contributed by atoms with Crippen LogP contribution in [-0.4, -0.2) is 13.7 Å². The largest absolute Gasteiger partial charge is 0.494 e. The maximum Gasteiger partial charge on any atom is 0.124 e. The third-order valence-electron chi connectivity index (χ3n) is 3.46.